The topological polar surface area (TPSA) is 41.3 Å². The normalized spacial score (nSPS) is 19.6. The minimum absolute atomic E-state index is 0.330. The Hall–Kier alpha value is -0.870. The minimum Gasteiger partial charge on any atom is -0.387 e. The number of aryl methyl sites for hydroxylation is 2. The molecule has 2 rings (SSSR count). The SMILES string of the molecule is CCc1cc(CN2CC(O)(C(C)C)C2)n(C)n1. The lowest BCUT2D eigenvalue weighted by Gasteiger charge is -2.49. The summed E-state index contributed by atoms with van der Waals surface area (Å²) < 4.78 is 1.95. The molecule has 0 spiro atoms. The van der Waals surface area contributed by atoms with Crippen LogP contribution in [0.5, 0.6) is 0 Å². The van der Waals surface area contributed by atoms with E-state index in [-0.39, 0.29) is 0 Å². The van der Waals surface area contributed by atoms with Gasteiger partial charge in [0, 0.05) is 26.7 Å². The maximum absolute atomic E-state index is 10.2. The third-order valence-corrected chi connectivity index (χ3v) is 3.84. The third-order valence-electron chi connectivity index (χ3n) is 3.84. The Kier molecular flexibility index (Phi) is 3.27. The number of aromatic nitrogens is 2. The van der Waals surface area contributed by atoms with Crippen molar-refractivity contribution >= 4 is 0 Å². The van der Waals surface area contributed by atoms with Crippen molar-refractivity contribution < 1.29 is 5.11 Å². The van der Waals surface area contributed by atoms with E-state index in [4.69, 9.17) is 0 Å². The molecule has 1 fully saturated rings. The number of rotatable bonds is 4. The van der Waals surface area contributed by atoms with Crippen molar-refractivity contribution in [2.75, 3.05) is 13.1 Å². The highest BCUT2D eigenvalue weighted by molar-refractivity contribution is 5.11. The molecule has 0 bridgehead atoms. The van der Waals surface area contributed by atoms with Gasteiger partial charge in [-0.25, -0.2) is 0 Å². The van der Waals surface area contributed by atoms with E-state index in [0.29, 0.717) is 5.92 Å². The van der Waals surface area contributed by atoms with Gasteiger partial charge in [-0.1, -0.05) is 20.8 Å². The highest BCUT2D eigenvalue weighted by atomic mass is 16.3. The van der Waals surface area contributed by atoms with Crippen molar-refractivity contribution in [1.29, 1.82) is 0 Å². The van der Waals surface area contributed by atoms with E-state index in [9.17, 15) is 5.11 Å². The lowest BCUT2D eigenvalue weighted by molar-refractivity contribution is -0.131. The van der Waals surface area contributed by atoms with Gasteiger partial charge in [-0.05, 0) is 18.4 Å². The number of hydrogen-bond acceptors (Lipinski definition) is 3. The molecule has 0 saturated carbocycles. The zero-order chi connectivity index (χ0) is 12.6. The van der Waals surface area contributed by atoms with E-state index in [1.807, 2.05) is 11.7 Å². The second kappa shape index (κ2) is 4.42. The van der Waals surface area contributed by atoms with Gasteiger partial charge in [0.15, 0.2) is 0 Å². The van der Waals surface area contributed by atoms with Gasteiger partial charge in [0.2, 0.25) is 0 Å². The molecule has 0 atom stereocenters. The molecule has 0 amide bonds. The molecule has 4 nitrogen and oxygen atoms in total. The van der Waals surface area contributed by atoms with Crippen molar-refractivity contribution in [3.63, 3.8) is 0 Å². The first-order chi connectivity index (χ1) is 7.94. The average Bonchev–Trinajstić information content (AvgIpc) is 2.57. The quantitative estimate of drug-likeness (QED) is 0.855. The first-order valence-electron chi connectivity index (χ1n) is 6.41. The van der Waals surface area contributed by atoms with Gasteiger partial charge in [-0.3, -0.25) is 9.58 Å². The Morgan fingerprint density at radius 2 is 2.12 bits per heavy atom. The van der Waals surface area contributed by atoms with Crippen LogP contribution in [0.2, 0.25) is 0 Å². The molecule has 2 heterocycles. The van der Waals surface area contributed by atoms with E-state index < -0.39 is 5.60 Å². The predicted molar refractivity (Wildman–Crippen MR) is 67.7 cm³/mol. The zero-order valence-electron chi connectivity index (χ0n) is 11.3. The van der Waals surface area contributed by atoms with E-state index in [1.54, 1.807) is 0 Å². The summed E-state index contributed by atoms with van der Waals surface area (Å²) in [4.78, 5) is 2.27. The van der Waals surface area contributed by atoms with Crippen molar-refractivity contribution in [3.8, 4) is 0 Å². The van der Waals surface area contributed by atoms with Gasteiger partial charge in [-0.15, -0.1) is 0 Å². The summed E-state index contributed by atoms with van der Waals surface area (Å²) in [6.07, 6.45) is 0.976. The summed E-state index contributed by atoms with van der Waals surface area (Å²) in [5, 5.41) is 14.6. The molecular formula is C13H23N3O. The van der Waals surface area contributed by atoms with Crippen molar-refractivity contribution in [2.24, 2.45) is 13.0 Å². The lowest BCUT2D eigenvalue weighted by Crippen LogP contribution is -2.63. The Morgan fingerprint density at radius 3 is 2.59 bits per heavy atom. The van der Waals surface area contributed by atoms with Crippen LogP contribution in [0.25, 0.3) is 0 Å². The lowest BCUT2D eigenvalue weighted by atomic mass is 9.83. The molecule has 1 aliphatic heterocycles. The van der Waals surface area contributed by atoms with Gasteiger partial charge in [0.1, 0.15) is 0 Å². The Balaban J connectivity index is 1.93. The monoisotopic (exact) mass is 237 g/mol. The Morgan fingerprint density at radius 1 is 1.47 bits per heavy atom. The van der Waals surface area contributed by atoms with Gasteiger partial charge >= 0.3 is 0 Å². The molecule has 96 valence electrons. The number of likely N-dealkylation sites (tertiary alicyclic amines) is 1. The van der Waals surface area contributed by atoms with Crippen LogP contribution >= 0.6 is 0 Å². The van der Waals surface area contributed by atoms with Crippen LogP contribution in [0.1, 0.15) is 32.2 Å². The molecule has 1 saturated heterocycles. The number of nitrogens with zero attached hydrogens (tertiary/aromatic N) is 3. The molecule has 1 aromatic heterocycles. The van der Waals surface area contributed by atoms with Gasteiger partial charge < -0.3 is 5.11 Å². The van der Waals surface area contributed by atoms with E-state index in [0.717, 1.165) is 31.7 Å². The molecular weight excluding hydrogens is 214 g/mol. The van der Waals surface area contributed by atoms with Gasteiger partial charge in [-0.2, -0.15) is 5.10 Å². The van der Waals surface area contributed by atoms with Crippen LogP contribution in [0.15, 0.2) is 6.07 Å². The van der Waals surface area contributed by atoms with E-state index >= 15 is 0 Å². The highest BCUT2D eigenvalue weighted by Crippen LogP contribution is 2.29. The van der Waals surface area contributed by atoms with Crippen LogP contribution in [0, 0.1) is 5.92 Å². The summed E-state index contributed by atoms with van der Waals surface area (Å²) in [7, 11) is 1.99. The van der Waals surface area contributed by atoms with E-state index in [2.05, 4.69) is 36.8 Å². The highest BCUT2D eigenvalue weighted by Gasteiger charge is 2.43. The van der Waals surface area contributed by atoms with Gasteiger partial charge in [0.05, 0.1) is 17.0 Å². The number of hydrogen-bond donors (Lipinski definition) is 1. The Bertz CT molecular complexity index is 391. The van der Waals surface area contributed by atoms with Crippen LogP contribution in [-0.2, 0) is 20.0 Å². The van der Waals surface area contributed by atoms with Crippen LogP contribution in [-0.4, -0.2) is 38.5 Å². The van der Waals surface area contributed by atoms with Gasteiger partial charge in [0.25, 0.3) is 0 Å². The second-order valence-corrected chi connectivity index (χ2v) is 5.51. The largest absolute Gasteiger partial charge is 0.387 e. The van der Waals surface area contributed by atoms with Crippen LogP contribution < -0.4 is 0 Å². The number of β-amino-alcohol motifs (C(OH)–C–C–N with tert-alkyl or cyclic N) is 1. The van der Waals surface area contributed by atoms with Crippen molar-refractivity contribution in [1.82, 2.24) is 14.7 Å². The summed E-state index contributed by atoms with van der Waals surface area (Å²) in [5.74, 6) is 0.330. The Labute approximate surface area is 103 Å². The predicted octanol–water partition coefficient (Wildman–Crippen LogP) is 1.19. The fourth-order valence-electron chi connectivity index (χ4n) is 2.33. The fourth-order valence-corrected chi connectivity index (χ4v) is 2.33. The average molecular weight is 237 g/mol. The molecule has 1 aromatic rings. The standard InChI is InChI=1S/C13H23N3O/c1-5-11-6-12(15(4)14-11)7-16-8-13(17,9-16)10(2)3/h6,10,17H,5,7-9H2,1-4H3. The zero-order valence-corrected chi connectivity index (χ0v) is 11.3. The van der Waals surface area contributed by atoms with Crippen molar-refractivity contribution in [3.05, 3.63) is 17.5 Å². The second-order valence-electron chi connectivity index (χ2n) is 5.51. The van der Waals surface area contributed by atoms with Crippen LogP contribution in [0.3, 0.4) is 0 Å². The molecule has 0 aromatic carbocycles. The third kappa shape index (κ3) is 2.38. The maximum Gasteiger partial charge on any atom is 0.0923 e. The van der Waals surface area contributed by atoms with E-state index in [1.165, 1.54) is 5.69 Å². The first kappa shape index (κ1) is 12.6. The molecule has 4 heteroatoms. The summed E-state index contributed by atoms with van der Waals surface area (Å²) in [5.41, 5.74) is 1.89. The smallest absolute Gasteiger partial charge is 0.0923 e. The molecule has 0 unspecified atom stereocenters. The molecule has 1 aliphatic rings. The molecule has 1 N–H and O–H groups in total. The molecule has 0 radical (unpaired) electrons. The van der Waals surface area contributed by atoms with Crippen LogP contribution in [0.4, 0.5) is 0 Å². The maximum atomic E-state index is 10.2. The summed E-state index contributed by atoms with van der Waals surface area (Å²) in [6.45, 7) is 8.72. The molecule has 17 heavy (non-hydrogen) atoms. The fraction of sp³-hybridized carbons (Fsp3) is 0.769. The van der Waals surface area contributed by atoms with Crippen molar-refractivity contribution in [2.45, 2.75) is 39.3 Å². The minimum atomic E-state index is -0.480. The first-order valence-corrected chi connectivity index (χ1v) is 6.41. The molecule has 0 aliphatic carbocycles. The summed E-state index contributed by atoms with van der Waals surface area (Å²) in [6, 6.07) is 2.16. The number of aliphatic hydroxyl groups is 1. The summed E-state index contributed by atoms with van der Waals surface area (Å²) >= 11 is 0.